The summed E-state index contributed by atoms with van der Waals surface area (Å²) in [6.45, 7) is 6.56. The molecule has 0 aromatic heterocycles. The molecule has 1 aromatic carbocycles. The Morgan fingerprint density at radius 2 is 1.84 bits per heavy atom. The van der Waals surface area contributed by atoms with Gasteiger partial charge in [-0.2, -0.15) is 0 Å². The van der Waals surface area contributed by atoms with Crippen LogP contribution in [0.1, 0.15) is 43.7 Å². The Labute approximate surface area is 117 Å². The molecule has 1 heterocycles. The van der Waals surface area contributed by atoms with E-state index in [9.17, 15) is 9.90 Å². The van der Waals surface area contributed by atoms with Gasteiger partial charge in [0.2, 0.25) is 0 Å². The van der Waals surface area contributed by atoms with E-state index in [0.717, 1.165) is 5.56 Å². The smallest absolute Gasteiger partial charge is 0.310 e. The summed E-state index contributed by atoms with van der Waals surface area (Å²) in [4.78, 5) is 11.2. The second kappa shape index (κ2) is 5.29. The quantitative estimate of drug-likeness (QED) is 0.924. The molecule has 1 unspecified atom stereocenters. The first-order valence-corrected chi connectivity index (χ1v) is 6.66. The van der Waals surface area contributed by atoms with Crippen molar-refractivity contribution in [1.82, 2.24) is 0 Å². The maximum absolute atomic E-state index is 11.2. The van der Waals surface area contributed by atoms with Crippen LogP contribution >= 0.6 is 11.6 Å². The van der Waals surface area contributed by atoms with E-state index in [0.29, 0.717) is 35.3 Å². The van der Waals surface area contributed by atoms with E-state index in [4.69, 9.17) is 21.1 Å². The second-order valence-corrected chi connectivity index (χ2v) is 5.34. The molecular weight excluding hydrogens is 268 g/mol. The van der Waals surface area contributed by atoms with Crippen molar-refractivity contribution in [2.24, 2.45) is 0 Å². The molecule has 19 heavy (non-hydrogen) atoms. The number of rotatable bonds is 3. The molecule has 0 saturated carbocycles. The number of carboxylic acid groups (broad SMARTS) is 1. The SMILES string of the molecule is CC(C)c1c(C(C)C(=O)O)cc(Cl)c2c1OCCO2. The van der Waals surface area contributed by atoms with Crippen LogP contribution in [0.25, 0.3) is 0 Å². The third-order valence-corrected chi connectivity index (χ3v) is 3.53. The van der Waals surface area contributed by atoms with Crippen LogP contribution in [0.4, 0.5) is 0 Å². The number of carboxylic acids is 1. The Hall–Kier alpha value is -1.42. The Morgan fingerprint density at radius 3 is 2.37 bits per heavy atom. The minimum atomic E-state index is -0.880. The second-order valence-electron chi connectivity index (χ2n) is 4.93. The monoisotopic (exact) mass is 284 g/mol. The predicted octanol–water partition coefficient (Wildman–Crippen LogP) is 3.42. The van der Waals surface area contributed by atoms with Crippen molar-refractivity contribution in [2.45, 2.75) is 32.6 Å². The summed E-state index contributed by atoms with van der Waals surface area (Å²) in [6, 6.07) is 1.68. The molecule has 1 aliphatic heterocycles. The van der Waals surface area contributed by atoms with Gasteiger partial charge in [-0.25, -0.2) is 0 Å². The summed E-state index contributed by atoms with van der Waals surface area (Å²) in [5.74, 6) is -0.264. The molecule has 5 heteroatoms. The predicted molar refractivity (Wildman–Crippen MR) is 72.6 cm³/mol. The molecule has 0 spiro atoms. The topological polar surface area (TPSA) is 55.8 Å². The minimum Gasteiger partial charge on any atom is -0.486 e. The summed E-state index contributed by atoms with van der Waals surface area (Å²) < 4.78 is 11.2. The third kappa shape index (κ3) is 2.50. The van der Waals surface area contributed by atoms with E-state index in [1.165, 1.54) is 0 Å². The fourth-order valence-corrected chi connectivity index (χ4v) is 2.55. The first kappa shape index (κ1) is 14.0. The molecule has 0 fully saturated rings. The number of ether oxygens (including phenoxy) is 2. The van der Waals surface area contributed by atoms with Crippen LogP contribution in [0.15, 0.2) is 6.07 Å². The lowest BCUT2D eigenvalue weighted by Gasteiger charge is -2.27. The lowest BCUT2D eigenvalue weighted by atomic mass is 9.88. The fraction of sp³-hybridized carbons (Fsp3) is 0.500. The number of hydrogen-bond donors (Lipinski definition) is 1. The number of benzene rings is 1. The summed E-state index contributed by atoms with van der Waals surface area (Å²) >= 11 is 6.17. The van der Waals surface area contributed by atoms with E-state index < -0.39 is 11.9 Å². The van der Waals surface area contributed by atoms with Crippen LogP contribution in [-0.4, -0.2) is 24.3 Å². The van der Waals surface area contributed by atoms with Gasteiger partial charge in [0.05, 0.1) is 10.9 Å². The van der Waals surface area contributed by atoms with Gasteiger partial charge in [0.25, 0.3) is 0 Å². The molecule has 0 saturated heterocycles. The maximum atomic E-state index is 11.2. The van der Waals surface area contributed by atoms with Crippen LogP contribution in [-0.2, 0) is 4.79 Å². The van der Waals surface area contributed by atoms with Gasteiger partial charge in [-0.3, -0.25) is 4.79 Å². The third-order valence-electron chi connectivity index (χ3n) is 3.25. The number of hydrogen-bond acceptors (Lipinski definition) is 3. The van der Waals surface area contributed by atoms with Crippen molar-refractivity contribution in [2.75, 3.05) is 13.2 Å². The van der Waals surface area contributed by atoms with Crippen molar-refractivity contribution >= 4 is 17.6 Å². The molecule has 1 N–H and O–H groups in total. The van der Waals surface area contributed by atoms with E-state index in [2.05, 4.69) is 0 Å². The zero-order valence-electron chi connectivity index (χ0n) is 11.2. The molecule has 1 atom stereocenters. The first-order valence-electron chi connectivity index (χ1n) is 6.28. The zero-order valence-corrected chi connectivity index (χ0v) is 12.0. The van der Waals surface area contributed by atoms with Gasteiger partial charge in [0.1, 0.15) is 13.2 Å². The van der Waals surface area contributed by atoms with Gasteiger partial charge < -0.3 is 14.6 Å². The Bertz CT molecular complexity index is 511. The number of aliphatic carboxylic acids is 1. The molecule has 2 rings (SSSR count). The summed E-state index contributed by atoms with van der Waals surface area (Å²) in [5, 5.41) is 9.63. The highest BCUT2D eigenvalue weighted by molar-refractivity contribution is 6.32. The fourth-order valence-electron chi connectivity index (χ4n) is 2.29. The largest absolute Gasteiger partial charge is 0.486 e. The highest BCUT2D eigenvalue weighted by Gasteiger charge is 2.28. The molecule has 0 bridgehead atoms. The van der Waals surface area contributed by atoms with E-state index in [1.807, 2.05) is 13.8 Å². The number of halogens is 1. The maximum Gasteiger partial charge on any atom is 0.310 e. The van der Waals surface area contributed by atoms with Crippen LogP contribution in [0.2, 0.25) is 5.02 Å². The van der Waals surface area contributed by atoms with Gasteiger partial charge in [-0.1, -0.05) is 25.4 Å². The molecular formula is C14H17ClO4. The molecule has 1 aromatic rings. The van der Waals surface area contributed by atoms with Crippen molar-refractivity contribution in [3.8, 4) is 11.5 Å². The molecule has 4 nitrogen and oxygen atoms in total. The molecule has 0 amide bonds. The highest BCUT2D eigenvalue weighted by atomic mass is 35.5. The number of carbonyl (C=O) groups is 1. The molecule has 104 valence electrons. The van der Waals surface area contributed by atoms with Crippen LogP contribution in [0.3, 0.4) is 0 Å². The Kier molecular flexibility index (Phi) is 3.90. The van der Waals surface area contributed by atoms with E-state index in [1.54, 1.807) is 13.0 Å². The minimum absolute atomic E-state index is 0.129. The normalized spacial score (nSPS) is 15.4. The first-order chi connectivity index (χ1) is 8.93. The molecule has 1 aliphatic rings. The van der Waals surface area contributed by atoms with Crippen LogP contribution in [0.5, 0.6) is 11.5 Å². The van der Waals surface area contributed by atoms with E-state index >= 15 is 0 Å². The van der Waals surface area contributed by atoms with Crippen molar-refractivity contribution in [3.05, 3.63) is 22.2 Å². The van der Waals surface area contributed by atoms with Gasteiger partial charge in [-0.15, -0.1) is 0 Å². The van der Waals surface area contributed by atoms with Crippen LogP contribution < -0.4 is 9.47 Å². The number of fused-ring (bicyclic) bond motifs is 1. The lowest BCUT2D eigenvalue weighted by Crippen LogP contribution is -2.19. The van der Waals surface area contributed by atoms with Crippen molar-refractivity contribution < 1.29 is 19.4 Å². The summed E-state index contributed by atoms with van der Waals surface area (Å²) in [5.41, 5.74) is 1.56. The lowest BCUT2D eigenvalue weighted by molar-refractivity contribution is -0.138. The standard InChI is InChI=1S/C14H17ClO4/c1-7(2)11-9(8(3)14(16)17)6-10(15)12-13(11)19-5-4-18-12/h6-8H,4-5H2,1-3H3,(H,16,17). The van der Waals surface area contributed by atoms with Crippen molar-refractivity contribution in [3.63, 3.8) is 0 Å². The Morgan fingerprint density at radius 1 is 1.26 bits per heavy atom. The van der Waals surface area contributed by atoms with Gasteiger partial charge >= 0.3 is 5.97 Å². The van der Waals surface area contributed by atoms with Gasteiger partial charge in [0.15, 0.2) is 11.5 Å². The highest BCUT2D eigenvalue weighted by Crippen LogP contribution is 2.46. The van der Waals surface area contributed by atoms with Gasteiger partial charge in [0, 0.05) is 5.56 Å². The summed E-state index contributed by atoms with van der Waals surface area (Å²) in [7, 11) is 0. The average molecular weight is 285 g/mol. The molecule has 0 radical (unpaired) electrons. The Balaban J connectivity index is 2.66. The van der Waals surface area contributed by atoms with E-state index in [-0.39, 0.29) is 5.92 Å². The molecule has 0 aliphatic carbocycles. The van der Waals surface area contributed by atoms with Crippen molar-refractivity contribution in [1.29, 1.82) is 0 Å². The van der Waals surface area contributed by atoms with Crippen LogP contribution in [0, 0.1) is 0 Å². The zero-order chi connectivity index (χ0) is 14.2. The average Bonchev–Trinajstić information content (AvgIpc) is 2.37. The summed E-state index contributed by atoms with van der Waals surface area (Å²) in [6.07, 6.45) is 0. The van der Waals surface area contributed by atoms with Gasteiger partial charge in [-0.05, 0) is 24.5 Å².